The van der Waals surface area contributed by atoms with Crippen molar-refractivity contribution in [1.29, 1.82) is 0 Å². The predicted octanol–water partition coefficient (Wildman–Crippen LogP) is 3.38. The first-order valence-corrected chi connectivity index (χ1v) is 9.47. The highest BCUT2D eigenvalue weighted by molar-refractivity contribution is 6.00. The largest absolute Gasteiger partial charge is 0.443 e. The van der Waals surface area contributed by atoms with Gasteiger partial charge < -0.3 is 19.9 Å². The SMILES string of the molecule is CC(=O)N/C(=C\c1ccccc1)C(=O)OC(C(=O)Nc1cc(C)on1)c1ccccc1. The van der Waals surface area contributed by atoms with Gasteiger partial charge in [0.15, 0.2) is 5.82 Å². The molecule has 1 atom stereocenters. The second-order valence-electron chi connectivity index (χ2n) is 6.66. The molecule has 2 N–H and O–H groups in total. The fourth-order valence-electron chi connectivity index (χ4n) is 2.74. The highest BCUT2D eigenvalue weighted by Crippen LogP contribution is 2.22. The molecule has 0 spiro atoms. The van der Waals surface area contributed by atoms with Gasteiger partial charge in [-0.05, 0) is 18.6 Å². The molecule has 1 heterocycles. The van der Waals surface area contributed by atoms with Crippen molar-refractivity contribution in [2.24, 2.45) is 0 Å². The first kappa shape index (κ1) is 21.5. The molecule has 3 aromatic rings. The van der Waals surface area contributed by atoms with Gasteiger partial charge in [-0.15, -0.1) is 0 Å². The zero-order chi connectivity index (χ0) is 22.2. The van der Waals surface area contributed by atoms with Crippen LogP contribution in [0.5, 0.6) is 0 Å². The van der Waals surface area contributed by atoms with Crippen molar-refractivity contribution >= 4 is 29.7 Å². The highest BCUT2D eigenvalue weighted by atomic mass is 16.5. The van der Waals surface area contributed by atoms with Crippen LogP contribution in [-0.2, 0) is 19.1 Å². The average Bonchev–Trinajstić information content (AvgIpc) is 3.16. The van der Waals surface area contributed by atoms with Gasteiger partial charge in [0.1, 0.15) is 11.5 Å². The summed E-state index contributed by atoms with van der Waals surface area (Å²) in [5, 5.41) is 8.76. The average molecular weight is 419 g/mol. The van der Waals surface area contributed by atoms with Crippen molar-refractivity contribution in [2.75, 3.05) is 5.32 Å². The Hall–Kier alpha value is -4.20. The fourth-order valence-corrected chi connectivity index (χ4v) is 2.74. The second kappa shape index (κ2) is 10.0. The van der Waals surface area contributed by atoms with Crippen molar-refractivity contribution in [3.8, 4) is 0 Å². The predicted molar refractivity (Wildman–Crippen MR) is 113 cm³/mol. The van der Waals surface area contributed by atoms with Gasteiger partial charge in [-0.2, -0.15) is 0 Å². The van der Waals surface area contributed by atoms with Crippen molar-refractivity contribution in [2.45, 2.75) is 20.0 Å². The summed E-state index contributed by atoms with van der Waals surface area (Å²) in [6.45, 7) is 2.96. The van der Waals surface area contributed by atoms with E-state index in [0.717, 1.165) is 0 Å². The maximum Gasteiger partial charge on any atom is 0.355 e. The molecule has 2 aromatic carbocycles. The van der Waals surface area contributed by atoms with Crippen molar-refractivity contribution < 1.29 is 23.6 Å². The summed E-state index contributed by atoms with van der Waals surface area (Å²) in [5.41, 5.74) is 1.04. The van der Waals surface area contributed by atoms with Crippen LogP contribution < -0.4 is 10.6 Å². The number of anilines is 1. The van der Waals surface area contributed by atoms with Gasteiger partial charge >= 0.3 is 5.97 Å². The quantitative estimate of drug-likeness (QED) is 0.449. The summed E-state index contributed by atoms with van der Waals surface area (Å²) >= 11 is 0. The van der Waals surface area contributed by atoms with Gasteiger partial charge in [0, 0.05) is 18.6 Å². The number of benzene rings is 2. The summed E-state index contributed by atoms with van der Waals surface area (Å²) in [5.74, 6) is -1.21. The topological polar surface area (TPSA) is 111 Å². The Kier molecular flexibility index (Phi) is 6.95. The number of carbonyl (C=O) groups is 3. The lowest BCUT2D eigenvalue weighted by atomic mass is 10.1. The van der Waals surface area contributed by atoms with Crippen molar-refractivity contribution in [3.63, 3.8) is 0 Å². The molecule has 8 nitrogen and oxygen atoms in total. The molecule has 31 heavy (non-hydrogen) atoms. The normalized spacial score (nSPS) is 12.0. The molecule has 2 amide bonds. The molecule has 0 saturated carbocycles. The minimum atomic E-state index is -1.28. The van der Waals surface area contributed by atoms with Crippen molar-refractivity contribution in [3.05, 3.63) is 89.3 Å². The van der Waals surface area contributed by atoms with Gasteiger partial charge in [0.25, 0.3) is 5.91 Å². The Morgan fingerprint density at radius 2 is 1.68 bits per heavy atom. The van der Waals surface area contributed by atoms with Crippen molar-refractivity contribution in [1.82, 2.24) is 10.5 Å². The first-order valence-electron chi connectivity index (χ1n) is 9.47. The van der Waals surface area contributed by atoms with E-state index in [2.05, 4.69) is 15.8 Å². The molecule has 3 rings (SSSR count). The van der Waals surface area contributed by atoms with Crippen LogP contribution in [0.3, 0.4) is 0 Å². The van der Waals surface area contributed by atoms with E-state index < -0.39 is 23.9 Å². The molecule has 0 fully saturated rings. The zero-order valence-electron chi connectivity index (χ0n) is 17.0. The number of esters is 1. The number of nitrogens with zero attached hydrogens (tertiary/aromatic N) is 1. The zero-order valence-corrected chi connectivity index (χ0v) is 17.0. The van der Waals surface area contributed by atoms with Crippen LogP contribution in [0.4, 0.5) is 5.82 Å². The van der Waals surface area contributed by atoms with E-state index in [9.17, 15) is 14.4 Å². The number of aromatic nitrogens is 1. The maximum atomic E-state index is 12.9. The van der Waals surface area contributed by atoms with Crippen LogP contribution in [0.15, 0.2) is 77.0 Å². The Bertz CT molecular complexity index is 1090. The molecule has 1 aromatic heterocycles. The molecule has 0 aliphatic heterocycles. The van der Waals surface area contributed by atoms with E-state index >= 15 is 0 Å². The summed E-state index contributed by atoms with van der Waals surface area (Å²) in [7, 11) is 0. The van der Waals surface area contributed by atoms with Gasteiger partial charge in [0.2, 0.25) is 12.0 Å². The van der Waals surface area contributed by atoms with Crippen LogP contribution in [-0.4, -0.2) is 22.9 Å². The number of carbonyl (C=O) groups excluding carboxylic acids is 3. The number of nitrogens with one attached hydrogen (secondary N) is 2. The fraction of sp³-hybridized carbons (Fsp3) is 0.130. The van der Waals surface area contributed by atoms with Gasteiger partial charge in [-0.25, -0.2) is 4.79 Å². The lowest BCUT2D eigenvalue weighted by Crippen LogP contribution is -2.31. The second-order valence-corrected chi connectivity index (χ2v) is 6.66. The van der Waals surface area contributed by atoms with E-state index in [1.807, 2.05) is 6.07 Å². The van der Waals surface area contributed by atoms with E-state index in [-0.39, 0.29) is 11.5 Å². The summed E-state index contributed by atoms with van der Waals surface area (Å²) in [6.07, 6.45) is 0.198. The van der Waals surface area contributed by atoms with E-state index in [1.54, 1.807) is 67.6 Å². The Morgan fingerprint density at radius 1 is 1.03 bits per heavy atom. The Morgan fingerprint density at radius 3 is 2.26 bits per heavy atom. The molecule has 0 bridgehead atoms. The number of hydrogen-bond acceptors (Lipinski definition) is 6. The van der Waals surface area contributed by atoms with Crippen LogP contribution >= 0.6 is 0 Å². The molecule has 1 unspecified atom stereocenters. The molecule has 0 aliphatic rings. The highest BCUT2D eigenvalue weighted by Gasteiger charge is 2.27. The van der Waals surface area contributed by atoms with E-state index in [0.29, 0.717) is 16.9 Å². The van der Waals surface area contributed by atoms with Gasteiger partial charge in [-0.3, -0.25) is 9.59 Å². The number of amides is 2. The molecule has 158 valence electrons. The summed E-state index contributed by atoms with van der Waals surface area (Å²) < 4.78 is 10.5. The number of hydrogen-bond donors (Lipinski definition) is 2. The third-order valence-corrected chi connectivity index (χ3v) is 4.09. The third kappa shape index (κ3) is 6.14. The third-order valence-electron chi connectivity index (χ3n) is 4.09. The molecule has 0 aliphatic carbocycles. The Balaban J connectivity index is 1.87. The van der Waals surface area contributed by atoms with Crippen LogP contribution in [0.2, 0.25) is 0 Å². The van der Waals surface area contributed by atoms with Gasteiger partial charge in [-0.1, -0.05) is 65.8 Å². The molecular formula is C23H21N3O5. The molecule has 0 saturated heterocycles. The van der Waals surface area contributed by atoms with Crippen LogP contribution in [0.25, 0.3) is 6.08 Å². The summed E-state index contributed by atoms with van der Waals surface area (Å²) in [6, 6.07) is 19.0. The smallest absolute Gasteiger partial charge is 0.355 e. The number of rotatable bonds is 7. The van der Waals surface area contributed by atoms with Gasteiger partial charge in [0.05, 0.1) is 0 Å². The number of aryl methyl sites for hydroxylation is 1. The molecule has 0 radical (unpaired) electrons. The van der Waals surface area contributed by atoms with E-state index in [1.165, 1.54) is 13.0 Å². The first-order chi connectivity index (χ1) is 14.9. The minimum Gasteiger partial charge on any atom is -0.443 e. The standard InChI is InChI=1S/C23H21N3O5/c1-15-13-20(26-31-15)25-22(28)21(18-11-7-4-8-12-18)30-23(29)19(24-16(2)27)14-17-9-5-3-6-10-17/h3-14,21H,1-2H3,(H,24,27)(H,25,26,28)/b19-14-. The Labute approximate surface area is 178 Å². The lowest BCUT2D eigenvalue weighted by Gasteiger charge is -2.18. The molecular weight excluding hydrogens is 398 g/mol. The lowest BCUT2D eigenvalue weighted by molar-refractivity contribution is -0.151. The summed E-state index contributed by atoms with van der Waals surface area (Å²) in [4.78, 5) is 37.4. The van der Waals surface area contributed by atoms with Crippen LogP contribution in [0, 0.1) is 6.92 Å². The van der Waals surface area contributed by atoms with E-state index in [4.69, 9.17) is 9.26 Å². The monoisotopic (exact) mass is 419 g/mol. The number of ether oxygens (including phenoxy) is 1. The van der Waals surface area contributed by atoms with Crippen LogP contribution in [0.1, 0.15) is 29.9 Å². The maximum absolute atomic E-state index is 12.9. The minimum absolute atomic E-state index is 0.0929. The molecule has 8 heteroatoms.